The Morgan fingerprint density at radius 2 is 1.89 bits per heavy atom. The second kappa shape index (κ2) is 10.7. The molecule has 2 aromatic carbocycles. The summed E-state index contributed by atoms with van der Waals surface area (Å²) in [4.78, 5) is 41.5. The quantitative estimate of drug-likeness (QED) is 0.266. The van der Waals surface area contributed by atoms with Crippen LogP contribution in [0.4, 0.5) is 5.69 Å². The van der Waals surface area contributed by atoms with Gasteiger partial charge in [0.05, 0.1) is 11.0 Å². The molecule has 2 amide bonds. The van der Waals surface area contributed by atoms with E-state index in [1.807, 2.05) is 24.0 Å². The van der Waals surface area contributed by atoms with E-state index in [2.05, 4.69) is 30.5 Å². The monoisotopic (exact) mass is 489 g/mol. The Morgan fingerprint density at radius 1 is 1.14 bits per heavy atom. The van der Waals surface area contributed by atoms with Crippen molar-refractivity contribution in [3.05, 3.63) is 103 Å². The zero-order valence-electron chi connectivity index (χ0n) is 19.7. The van der Waals surface area contributed by atoms with Gasteiger partial charge in [0.15, 0.2) is 0 Å². The summed E-state index contributed by atoms with van der Waals surface area (Å²) in [6, 6.07) is 16.0. The van der Waals surface area contributed by atoms with Gasteiger partial charge in [-0.05, 0) is 72.2 Å². The number of non-ortho nitro benzene ring substituents is 1. The predicted molar refractivity (Wildman–Crippen MR) is 137 cm³/mol. The lowest BCUT2D eigenvalue weighted by atomic mass is 9.90. The van der Waals surface area contributed by atoms with Crippen molar-refractivity contribution in [2.24, 2.45) is 0 Å². The van der Waals surface area contributed by atoms with Gasteiger partial charge in [0.25, 0.3) is 5.69 Å². The molecule has 35 heavy (non-hydrogen) atoms. The van der Waals surface area contributed by atoms with Gasteiger partial charge < -0.3 is 9.80 Å². The number of amides is 2. The second-order valence-electron chi connectivity index (χ2n) is 8.43. The van der Waals surface area contributed by atoms with Crippen LogP contribution < -0.4 is 0 Å². The number of aryl methyl sites for hydroxylation is 1. The first-order valence-corrected chi connectivity index (χ1v) is 12.4. The maximum atomic E-state index is 13.5. The van der Waals surface area contributed by atoms with Crippen LogP contribution in [0.15, 0.2) is 66.1 Å². The van der Waals surface area contributed by atoms with E-state index in [0.717, 1.165) is 23.1 Å². The van der Waals surface area contributed by atoms with Gasteiger partial charge in [-0.15, -0.1) is 11.3 Å². The van der Waals surface area contributed by atoms with Crippen molar-refractivity contribution < 1.29 is 14.5 Å². The number of hydrogen-bond acceptors (Lipinski definition) is 5. The maximum Gasteiger partial charge on any atom is 0.269 e. The summed E-state index contributed by atoms with van der Waals surface area (Å²) >= 11 is 1.72. The molecule has 0 bridgehead atoms. The molecule has 1 unspecified atom stereocenters. The Bertz CT molecular complexity index is 1270. The Balaban J connectivity index is 1.51. The number of fused-ring (bicyclic) bond motifs is 1. The van der Waals surface area contributed by atoms with Crippen molar-refractivity contribution in [3.8, 4) is 0 Å². The van der Waals surface area contributed by atoms with Crippen LogP contribution in [-0.2, 0) is 16.0 Å². The molecule has 1 atom stereocenters. The topological polar surface area (TPSA) is 83.8 Å². The van der Waals surface area contributed by atoms with E-state index in [1.165, 1.54) is 28.0 Å². The number of nitro benzene ring substituents is 1. The van der Waals surface area contributed by atoms with E-state index in [0.29, 0.717) is 18.7 Å². The van der Waals surface area contributed by atoms with Crippen LogP contribution in [0.5, 0.6) is 0 Å². The average molecular weight is 490 g/mol. The molecule has 0 fully saturated rings. The van der Waals surface area contributed by atoms with Gasteiger partial charge in [-0.2, -0.15) is 0 Å². The van der Waals surface area contributed by atoms with Crippen LogP contribution in [-0.4, -0.2) is 46.2 Å². The van der Waals surface area contributed by atoms with Gasteiger partial charge in [0.1, 0.15) is 6.54 Å². The molecule has 0 radical (unpaired) electrons. The van der Waals surface area contributed by atoms with Crippen LogP contribution in [0, 0.1) is 17.0 Å². The number of thiophene rings is 1. The molecule has 1 aromatic heterocycles. The van der Waals surface area contributed by atoms with Gasteiger partial charge in [0.2, 0.25) is 11.8 Å². The van der Waals surface area contributed by atoms with E-state index < -0.39 is 4.92 Å². The number of benzene rings is 2. The van der Waals surface area contributed by atoms with Crippen molar-refractivity contribution in [1.82, 2.24) is 9.80 Å². The van der Waals surface area contributed by atoms with E-state index in [1.54, 1.807) is 29.5 Å². The number of rotatable bonds is 7. The number of carbonyl (C=O) groups excluding carboxylic acids is 2. The lowest BCUT2D eigenvalue weighted by molar-refractivity contribution is -0.384. The van der Waals surface area contributed by atoms with Crippen LogP contribution in [0.1, 0.15) is 40.1 Å². The molecule has 0 saturated carbocycles. The van der Waals surface area contributed by atoms with Crippen LogP contribution in [0.2, 0.25) is 0 Å². The summed E-state index contributed by atoms with van der Waals surface area (Å²) in [5, 5.41) is 12.9. The molecule has 0 aliphatic carbocycles. The van der Waals surface area contributed by atoms with E-state index in [-0.39, 0.29) is 30.1 Å². The molecule has 7 nitrogen and oxygen atoms in total. The van der Waals surface area contributed by atoms with Crippen LogP contribution in [0.3, 0.4) is 0 Å². The van der Waals surface area contributed by atoms with Gasteiger partial charge in [-0.1, -0.05) is 24.3 Å². The molecule has 0 N–H and O–H groups in total. The first-order valence-electron chi connectivity index (χ1n) is 11.5. The normalized spacial score (nSPS) is 15.1. The number of likely N-dealkylation sites (N-methyl/N-ethyl adjacent to an activating group) is 1. The van der Waals surface area contributed by atoms with Crippen LogP contribution >= 0.6 is 11.3 Å². The largest absolute Gasteiger partial charge is 0.330 e. The third-order valence-corrected chi connectivity index (χ3v) is 7.31. The molecule has 2 heterocycles. The van der Waals surface area contributed by atoms with Crippen molar-refractivity contribution in [2.45, 2.75) is 26.3 Å². The third kappa shape index (κ3) is 5.33. The van der Waals surface area contributed by atoms with Gasteiger partial charge in [-0.3, -0.25) is 19.7 Å². The van der Waals surface area contributed by atoms with Gasteiger partial charge in [0, 0.05) is 36.2 Å². The van der Waals surface area contributed by atoms with Crippen molar-refractivity contribution in [1.29, 1.82) is 0 Å². The lowest BCUT2D eigenvalue weighted by Gasteiger charge is -2.38. The molecule has 0 spiro atoms. The Labute approximate surface area is 208 Å². The molecule has 4 rings (SSSR count). The summed E-state index contributed by atoms with van der Waals surface area (Å²) < 4.78 is 0. The minimum atomic E-state index is -0.465. The molecule has 8 heteroatoms. The Morgan fingerprint density at radius 3 is 2.57 bits per heavy atom. The fourth-order valence-corrected chi connectivity index (χ4v) is 5.30. The van der Waals surface area contributed by atoms with Gasteiger partial charge in [-0.25, -0.2) is 0 Å². The standard InChI is InChI=1S/C27H27N3O4S/c1-3-28(25(31)13-10-20-8-11-21(12-9-20)30(33)34)18-26(32)29-16-14-24-23(15-17-35-24)27(29)22-7-5-4-6-19(22)2/h4-13,15,17,27H,3,14,16,18H2,1-2H3. The van der Waals surface area contributed by atoms with Crippen molar-refractivity contribution in [2.75, 3.05) is 19.6 Å². The third-order valence-electron chi connectivity index (χ3n) is 6.31. The molecule has 0 saturated heterocycles. The highest BCUT2D eigenvalue weighted by atomic mass is 32.1. The summed E-state index contributed by atoms with van der Waals surface area (Å²) in [5.74, 6) is -0.367. The smallest absolute Gasteiger partial charge is 0.269 e. The lowest BCUT2D eigenvalue weighted by Crippen LogP contribution is -2.46. The van der Waals surface area contributed by atoms with E-state index >= 15 is 0 Å². The second-order valence-corrected chi connectivity index (χ2v) is 9.43. The zero-order chi connectivity index (χ0) is 24.9. The van der Waals surface area contributed by atoms with Crippen molar-refractivity contribution >= 4 is 34.9 Å². The highest BCUT2D eigenvalue weighted by Gasteiger charge is 2.34. The first kappa shape index (κ1) is 24.3. The summed E-state index contributed by atoms with van der Waals surface area (Å²) in [6.07, 6.45) is 3.82. The highest BCUT2D eigenvalue weighted by molar-refractivity contribution is 7.10. The number of nitrogens with zero attached hydrogens (tertiary/aromatic N) is 3. The molecular formula is C27H27N3O4S. The average Bonchev–Trinajstić information content (AvgIpc) is 3.35. The maximum absolute atomic E-state index is 13.5. The highest BCUT2D eigenvalue weighted by Crippen LogP contribution is 2.39. The first-order chi connectivity index (χ1) is 16.9. The number of nitro groups is 1. The van der Waals surface area contributed by atoms with E-state index in [4.69, 9.17) is 0 Å². The molecule has 3 aromatic rings. The molecule has 1 aliphatic rings. The summed E-state index contributed by atoms with van der Waals surface area (Å²) in [5.41, 5.74) is 4.06. The fourth-order valence-electron chi connectivity index (χ4n) is 4.39. The van der Waals surface area contributed by atoms with E-state index in [9.17, 15) is 19.7 Å². The molecule has 180 valence electrons. The Kier molecular flexibility index (Phi) is 7.41. The summed E-state index contributed by atoms with van der Waals surface area (Å²) in [6.45, 7) is 4.89. The molecular weight excluding hydrogens is 462 g/mol. The fraction of sp³-hybridized carbons (Fsp3) is 0.259. The number of hydrogen-bond donors (Lipinski definition) is 0. The molecule has 1 aliphatic heterocycles. The Hall–Kier alpha value is -3.78. The minimum absolute atomic E-state index is 0.00669. The predicted octanol–water partition coefficient (Wildman–Crippen LogP) is 5.00. The minimum Gasteiger partial charge on any atom is -0.330 e. The van der Waals surface area contributed by atoms with Crippen LogP contribution in [0.25, 0.3) is 6.08 Å². The summed E-state index contributed by atoms with van der Waals surface area (Å²) in [7, 11) is 0. The van der Waals surface area contributed by atoms with Gasteiger partial charge >= 0.3 is 0 Å². The number of carbonyl (C=O) groups is 2. The SMILES string of the molecule is CCN(CC(=O)N1CCc2sccc2C1c1ccccc1C)C(=O)C=Cc1ccc([N+](=O)[O-])cc1. The zero-order valence-corrected chi connectivity index (χ0v) is 20.5. The van der Waals surface area contributed by atoms with Crippen molar-refractivity contribution in [3.63, 3.8) is 0 Å².